The van der Waals surface area contributed by atoms with E-state index in [0.29, 0.717) is 0 Å². The van der Waals surface area contributed by atoms with E-state index in [9.17, 15) is 4.79 Å². The zero-order chi connectivity index (χ0) is 9.68. The first-order chi connectivity index (χ1) is 6.24. The van der Waals surface area contributed by atoms with Crippen LogP contribution in [0.4, 0.5) is 0 Å². The summed E-state index contributed by atoms with van der Waals surface area (Å²) in [5.41, 5.74) is -0.137. The highest BCUT2D eigenvalue weighted by Crippen LogP contribution is 2.04. The fourth-order valence-corrected chi connectivity index (χ4v) is 0.665. The van der Waals surface area contributed by atoms with Crippen LogP contribution in [0.1, 0.15) is 10.5 Å². The molecule has 0 aromatic carbocycles. The van der Waals surface area contributed by atoms with Gasteiger partial charge in [-0.25, -0.2) is 9.78 Å². The zero-order valence-corrected chi connectivity index (χ0v) is 6.80. The minimum Gasteiger partial charge on any atom is -0.476 e. The van der Waals surface area contributed by atoms with E-state index in [-0.39, 0.29) is 18.2 Å². The summed E-state index contributed by atoms with van der Waals surface area (Å²) in [7, 11) is 0. The lowest BCUT2D eigenvalue weighted by Gasteiger charge is -2.00. The first-order valence-electron chi connectivity index (χ1n) is 3.53. The van der Waals surface area contributed by atoms with E-state index in [1.165, 1.54) is 12.3 Å². The van der Waals surface area contributed by atoms with Crippen LogP contribution in [-0.4, -0.2) is 27.7 Å². The maximum absolute atomic E-state index is 10.4. The van der Waals surface area contributed by atoms with Crippen molar-refractivity contribution in [3.8, 4) is 5.88 Å². The van der Waals surface area contributed by atoms with Crippen LogP contribution in [0.3, 0.4) is 0 Å². The molecule has 5 nitrogen and oxygen atoms in total. The third kappa shape index (κ3) is 2.55. The van der Waals surface area contributed by atoms with Crippen LogP contribution in [0.25, 0.3) is 0 Å². The van der Waals surface area contributed by atoms with Gasteiger partial charge >= 0.3 is 5.97 Å². The van der Waals surface area contributed by atoms with Crippen LogP contribution < -0.4 is 4.74 Å². The van der Waals surface area contributed by atoms with Gasteiger partial charge in [0.1, 0.15) is 6.61 Å². The van der Waals surface area contributed by atoms with Crippen molar-refractivity contribution in [1.82, 2.24) is 9.97 Å². The van der Waals surface area contributed by atoms with Crippen LogP contribution in [0, 0.1) is 0 Å². The summed E-state index contributed by atoms with van der Waals surface area (Å²) < 4.78 is 4.99. The number of rotatable bonds is 4. The summed E-state index contributed by atoms with van der Waals surface area (Å²) >= 11 is 0. The standard InChI is InChI=1S/C8H8N2O3/c1-2-3-13-7-5-9-4-6(10-7)8(11)12/h2,4-5H,1,3H2,(H,11,12). The molecule has 1 N–H and O–H groups in total. The molecule has 0 saturated carbocycles. The van der Waals surface area contributed by atoms with Crippen molar-refractivity contribution >= 4 is 5.97 Å². The lowest BCUT2D eigenvalue weighted by atomic mass is 10.5. The topological polar surface area (TPSA) is 72.3 Å². The van der Waals surface area contributed by atoms with E-state index in [1.54, 1.807) is 0 Å². The molecule has 0 saturated heterocycles. The molecule has 0 aliphatic carbocycles. The van der Waals surface area contributed by atoms with Crippen LogP contribution in [-0.2, 0) is 0 Å². The maximum Gasteiger partial charge on any atom is 0.356 e. The molecule has 0 aliphatic heterocycles. The number of aromatic carboxylic acids is 1. The smallest absolute Gasteiger partial charge is 0.356 e. The summed E-state index contributed by atoms with van der Waals surface area (Å²) in [5.74, 6) is -0.948. The number of aromatic nitrogens is 2. The minimum absolute atomic E-state index is 0.137. The Labute approximate surface area is 74.7 Å². The third-order valence-electron chi connectivity index (χ3n) is 1.18. The number of hydrogen-bond donors (Lipinski definition) is 1. The molecule has 0 amide bonds. The maximum atomic E-state index is 10.4. The highest BCUT2D eigenvalue weighted by atomic mass is 16.5. The van der Waals surface area contributed by atoms with E-state index in [2.05, 4.69) is 16.5 Å². The Morgan fingerprint density at radius 2 is 2.46 bits per heavy atom. The van der Waals surface area contributed by atoms with Crippen molar-refractivity contribution in [2.75, 3.05) is 6.61 Å². The van der Waals surface area contributed by atoms with Gasteiger partial charge in [-0.3, -0.25) is 4.98 Å². The molecule has 0 spiro atoms. The molecule has 1 rings (SSSR count). The fourth-order valence-electron chi connectivity index (χ4n) is 0.665. The van der Waals surface area contributed by atoms with Crippen molar-refractivity contribution in [3.05, 3.63) is 30.7 Å². The molecular weight excluding hydrogens is 172 g/mol. The molecule has 5 heteroatoms. The number of carbonyl (C=O) groups is 1. The molecular formula is C8H8N2O3. The number of hydrogen-bond acceptors (Lipinski definition) is 4. The quantitative estimate of drug-likeness (QED) is 0.692. The Kier molecular flexibility index (Phi) is 2.97. The molecule has 0 fully saturated rings. The second-order valence-electron chi connectivity index (χ2n) is 2.15. The predicted octanol–water partition coefficient (Wildman–Crippen LogP) is 0.740. The largest absolute Gasteiger partial charge is 0.476 e. The summed E-state index contributed by atoms with van der Waals surface area (Å²) in [6, 6.07) is 0. The van der Waals surface area contributed by atoms with E-state index < -0.39 is 5.97 Å². The van der Waals surface area contributed by atoms with Gasteiger partial charge < -0.3 is 9.84 Å². The molecule has 1 aromatic heterocycles. The lowest BCUT2D eigenvalue weighted by molar-refractivity contribution is 0.0688. The van der Waals surface area contributed by atoms with Gasteiger partial charge in [-0.05, 0) is 0 Å². The minimum atomic E-state index is -1.13. The van der Waals surface area contributed by atoms with Crippen molar-refractivity contribution in [1.29, 1.82) is 0 Å². The molecule has 1 heterocycles. The molecule has 0 radical (unpaired) electrons. The second-order valence-corrected chi connectivity index (χ2v) is 2.15. The summed E-state index contributed by atoms with van der Waals surface area (Å²) in [4.78, 5) is 17.8. The van der Waals surface area contributed by atoms with Gasteiger partial charge in [0.15, 0.2) is 5.69 Å². The SMILES string of the molecule is C=CCOc1cncc(C(=O)O)n1. The average Bonchev–Trinajstić information content (AvgIpc) is 2.15. The Hall–Kier alpha value is -1.91. The highest BCUT2D eigenvalue weighted by Gasteiger charge is 2.05. The number of ether oxygens (including phenoxy) is 1. The molecule has 1 aromatic rings. The molecule has 0 bridgehead atoms. The summed E-state index contributed by atoms with van der Waals surface area (Å²) in [6.45, 7) is 3.72. The first kappa shape index (κ1) is 9.18. The van der Waals surface area contributed by atoms with E-state index in [0.717, 1.165) is 6.20 Å². The van der Waals surface area contributed by atoms with E-state index in [1.807, 2.05) is 0 Å². The zero-order valence-electron chi connectivity index (χ0n) is 6.80. The van der Waals surface area contributed by atoms with Gasteiger partial charge in [0.25, 0.3) is 0 Å². The lowest BCUT2D eigenvalue weighted by Crippen LogP contribution is -2.04. The highest BCUT2D eigenvalue weighted by molar-refractivity contribution is 5.84. The third-order valence-corrected chi connectivity index (χ3v) is 1.18. The molecule has 68 valence electrons. The summed E-state index contributed by atoms with van der Waals surface area (Å²) in [6.07, 6.45) is 4.04. The summed E-state index contributed by atoms with van der Waals surface area (Å²) in [5, 5.41) is 8.56. The van der Waals surface area contributed by atoms with Crippen molar-refractivity contribution in [3.63, 3.8) is 0 Å². The molecule has 0 aliphatic rings. The van der Waals surface area contributed by atoms with Crippen molar-refractivity contribution < 1.29 is 14.6 Å². The predicted molar refractivity (Wildman–Crippen MR) is 44.7 cm³/mol. The van der Waals surface area contributed by atoms with Gasteiger partial charge in [0.2, 0.25) is 5.88 Å². The van der Waals surface area contributed by atoms with Crippen LogP contribution in [0.5, 0.6) is 5.88 Å². The first-order valence-corrected chi connectivity index (χ1v) is 3.53. The van der Waals surface area contributed by atoms with Crippen LogP contribution >= 0.6 is 0 Å². The Morgan fingerprint density at radius 3 is 3.08 bits per heavy atom. The van der Waals surface area contributed by atoms with Crippen LogP contribution in [0.2, 0.25) is 0 Å². The van der Waals surface area contributed by atoms with Gasteiger partial charge in [-0.15, -0.1) is 0 Å². The molecule has 13 heavy (non-hydrogen) atoms. The molecule has 0 unspecified atom stereocenters. The number of carboxylic acids is 1. The fraction of sp³-hybridized carbons (Fsp3) is 0.125. The second kappa shape index (κ2) is 4.20. The van der Waals surface area contributed by atoms with E-state index in [4.69, 9.17) is 9.84 Å². The average molecular weight is 180 g/mol. The van der Waals surface area contributed by atoms with Crippen molar-refractivity contribution in [2.24, 2.45) is 0 Å². The van der Waals surface area contributed by atoms with Gasteiger partial charge in [0.05, 0.1) is 12.4 Å². The van der Waals surface area contributed by atoms with Crippen molar-refractivity contribution in [2.45, 2.75) is 0 Å². The molecule has 0 atom stereocenters. The Morgan fingerprint density at radius 1 is 1.69 bits per heavy atom. The van der Waals surface area contributed by atoms with Crippen LogP contribution in [0.15, 0.2) is 25.0 Å². The monoisotopic (exact) mass is 180 g/mol. The Bertz CT molecular complexity index is 325. The van der Waals surface area contributed by atoms with E-state index >= 15 is 0 Å². The number of nitrogens with zero attached hydrogens (tertiary/aromatic N) is 2. The van der Waals surface area contributed by atoms with Gasteiger partial charge in [-0.2, -0.15) is 0 Å². The number of carboxylic acid groups (broad SMARTS) is 1. The van der Waals surface area contributed by atoms with Gasteiger partial charge in [0, 0.05) is 0 Å². The van der Waals surface area contributed by atoms with Gasteiger partial charge in [-0.1, -0.05) is 12.7 Å². The Balaban J connectivity index is 2.79. The normalized spacial score (nSPS) is 9.23.